The van der Waals surface area contributed by atoms with Crippen LogP contribution in [0.3, 0.4) is 0 Å². The first kappa shape index (κ1) is 16.4. The predicted molar refractivity (Wildman–Crippen MR) is 76.3 cm³/mol. The lowest BCUT2D eigenvalue weighted by Crippen LogP contribution is -2.39. The van der Waals surface area contributed by atoms with Crippen molar-refractivity contribution in [3.05, 3.63) is 35.4 Å². The zero-order valence-electron chi connectivity index (χ0n) is 12.6. The van der Waals surface area contributed by atoms with Crippen LogP contribution in [0.15, 0.2) is 18.2 Å². The highest BCUT2D eigenvalue weighted by Gasteiger charge is 2.46. The summed E-state index contributed by atoms with van der Waals surface area (Å²) in [6.45, 7) is 3.82. The van der Waals surface area contributed by atoms with E-state index >= 15 is 0 Å². The molecule has 0 saturated heterocycles. The maximum Gasteiger partial charge on any atom is 0.305 e. The molecular formula is C16H19F2NO3. The Balaban J connectivity index is 2.04. The molecule has 1 aliphatic carbocycles. The smallest absolute Gasteiger partial charge is 0.305 e. The van der Waals surface area contributed by atoms with E-state index in [1.807, 2.05) is 13.8 Å². The van der Waals surface area contributed by atoms with E-state index in [2.05, 4.69) is 0 Å². The van der Waals surface area contributed by atoms with Crippen molar-refractivity contribution in [1.82, 2.24) is 4.90 Å². The van der Waals surface area contributed by atoms with Gasteiger partial charge >= 0.3 is 5.97 Å². The molecule has 0 aliphatic heterocycles. The minimum atomic E-state index is -0.952. The lowest BCUT2D eigenvalue weighted by Gasteiger charge is -2.26. The fraction of sp³-hybridized carbons (Fsp3) is 0.500. The average Bonchev–Trinajstić information content (AvgIpc) is 3.21. The first-order chi connectivity index (χ1) is 10.3. The molecule has 1 aromatic carbocycles. The van der Waals surface area contributed by atoms with Crippen LogP contribution in [0.25, 0.3) is 0 Å². The largest absolute Gasteiger partial charge is 0.481 e. The summed E-state index contributed by atoms with van der Waals surface area (Å²) in [4.78, 5) is 24.7. The van der Waals surface area contributed by atoms with Gasteiger partial charge < -0.3 is 10.0 Å². The normalized spacial score (nSPS) is 20.0. The summed E-state index contributed by atoms with van der Waals surface area (Å²) in [6, 6.07) is 3.59. The summed E-state index contributed by atoms with van der Waals surface area (Å²) in [5, 5.41) is 8.75. The number of carbonyl (C=O) groups excluding carboxylic acids is 1. The van der Waals surface area contributed by atoms with Gasteiger partial charge in [0.2, 0.25) is 5.91 Å². The van der Waals surface area contributed by atoms with Crippen LogP contribution >= 0.6 is 0 Å². The molecule has 1 fully saturated rings. The molecule has 6 heteroatoms. The fourth-order valence-electron chi connectivity index (χ4n) is 2.63. The van der Waals surface area contributed by atoms with Gasteiger partial charge in [-0.15, -0.1) is 0 Å². The van der Waals surface area contributed by atoms with Crippen molar-refractivity contribution in [2.45, 2.75) is 38.6 Å². The Hall–Kier alpha value is -1.98. The molecule has 1 amide bonds. The van der Waals surface area contributed by atoms with Crippen LogP contribution in [0.4, 0.5) is 8.78 Å². The second kappa shape index (κ2) is 6.42. The van der Waals surface area contributed by atoms with Gasteiger partial charge in [0.1, 0.15) is 0 Å². The fourth-order valence-corrected chi connectivity index (χ4v) is 2.63. The Morgan fingerprint density at radius 1 is 1.32 bits per heavy atom. The van der Waals surface area contributed by atoms with E-state index in [-0.39, 0.29) is 36.8 Å². The number of halogens is 2. The van der Waals surface area contributed by atoms with Gasteiger partial charge in [0.15, 0.2) is 11.6 Å². The van der Waals surface area contributed by atoms with Crippen molar-refractivity contribution in [2.24, 2.45) is 5.92 Å². The second-order valence-corrected chi connectivity index (χ2v) is 5.89. The van der Waals surface area contributed by atoms with Gasteiger partial charge in [-0.1, -0.05) is 6.07 Å². The minimum absolute atomic E-state index is 0.0990. The van der Waals surface area contributed by atoms with Crippen LogP contribution < -0.4 is 0 Å². The molecular weight excluding hydrogens is 292 g/mol. The molecule has 0 bridgehead atoms. The zero-order chi connectivity index (χ0) is 16.4. The molecule has 1 aliphatic rings. The van der Waals surface area contributed by atoms with E-state index in [1.54, 1.807) is 4.90 Å². The molecule has 0 spiro atoms. The van der Waals surface area contributed by atoms with Gasteiger partial charge in [-0.3, -0.25) is 9.59 Å². The predicted octanol–water partition coefficient (Wildman–Crippen LogP) is 2.78. The topological polar surface area (TPSA) is 57.6 Å². The summed E-state index contributed by atoms with van der Waals surface area (Å²) in [6.07, 6.45) is 0.479. The molecule has 4 nitrogen and oxygen atoms in total. The first-order valence-corrected chi connectivity index (χ1v) is 7.28. The maximum atomic E-state index is 13.3. The maximum absolute atomic E-state index is 13.3. The second-order valence-electron chi connectivity index (χ2n) is 5.89. The quantitative estimate of drug-likeness (QED) is 0.879. The number of carbonyl (C=O) groups is 2. The van der Waals surface area contributed by atoms with Gasteiger partial charge in [-0.25, -0.2) is 8.78 Å². The van der Waals surface area contributed by atoms with Gasteiger partial charge in [0.25, 0.3) is 0 Å². The summed E-state index contributed by atoms with van der Waals surface area (Å²) >= 11 is 0. The highest BCUT2D eigenvalue weighted by molar-refractivity contribution is 5.83. The number of aliphatic carboxylic acids is 1. The van der Waals surface area contributed by atoms with Gasteiger partial charge in [0, 0.05) is 18.5 Å². The lowest BCUT2D eigenvalue weighted by molar-refractivity contribution is -0.139. The van der Waals surface area contributed by atoms with Crippen LogP contribution in [0.5, 0.6) is 0 Å². The van der Waals surface area contributed by atoms with E-state index in [9.17, 15) is 18.4 Å². The van der Waals surface area contributed by atoms with Crippen LogP contribution in [-0.2, 0) is 9.59 Å². The standard InChI is InChI=1S/C16H19F2NO3/c1-9(2)19(6-5-15(20)21)16(22)12-8-11(12)10-3-4-13(17)14(18)7-10/h3-4,7,9,11-12H,5-6,8H2,1-2H3,(H,20,21). The van der Waals surface area contributed by atoms with Crippen LogP contribution in [0.2, 0.25) is 0 Å². The molecule has 1 aromatic rings. The molecule has 1 N–H and O–H groups in total. The molecule has 0 radical (unpaired) electrons. The Kier molecular flexibility index (Phi) is 4.78. The van der Waals surface area contributed by atoms with Crippen LogP contribution in [0, 0.1) is 17.6 Å². The van der Waals surface area contributed by atoms with E-state index in [1.165, 1.54) is 6.07 Å². The molecule has 0 heterocycles. The number of rotatable bonds is 6. The molecule has 22 heavy (non-hydrogen) atoms. The van der Waals surface area contributed by atoms with Crippen molar-refractivity contribution in [3.63, 3.8) is 0 Å². The monoisotopic (exact) mass is 311 g/mol. The van der Waals surface area contributed by atoms with Crippen molar-refractivity contribution in [3.8, 4) is 0 Å². The Labute approximate surface area is 127 Å². The number of carboxylic acid groups (broad SMARTS) is 1. The minimum Gasteiger partial charge on any atom is -0.481 e. The third-order valence-electron chi connectivity index (χ3n) is 3.95. The Morgan fingerprint density at radius 2 is 2.00 bits per heavy atom. The van der Waals surface area contributed by atoms with Crippen molar-refractivity contribution in [2.75, 3.05) is 6.54 Å². The summed E-state index contributed by atoms with van der Waals surface area (Å²) in [7, 11) is 0. The van der Waals surface area contributed by atoms with E-state index in [0.717, 1.165) is 12.1 Å². The number of hydrogen-bond acceptors (Lipinski definition) is 2. The summed E-state index contributed by atoms with van der Waals surface area (Å²) < 4.78 is 26.2. The Bertz CT molecular complexity index is 589. The third kappa shape index (κ3) is 3.61. The molecule has 1 saturated carbocycles. The highest BCUT2D eigenvalue weighted by atomic mass is 19.2. The first-order valence-electron chi connectivity index (χ1n) is 7.28. The molecule has 2 unspecified atom stereocenters. The van der Waals surface area contributed by atoms with Gasteiger partial charge in [-0.05, 0) is 43.9 Å². The van der Waals surface area contributed by atoms with E-state index in [0.29, 0.717) is 12.0 Å². The number of carboxylic acids is 1. The van der Waals surface area contributed by atoms with Crippen molar-refractivity contribution in [1.29, 1.82) is 0 Å². The van der Waals surface area contributed by atoms with E-state index < -0.39 is 17.6 Å². The zero-order valence-corrected chi connectivity index (χ0v) is 12.6. The lowest BCUT2D eigenvalue weighted by atomic mass is 10.1. The molecule has 2 rings (SSSR count). The third-order valence-corrected chi connectivity index (χ3v) is 3.95. The highest BCUT2D eigenvalue weighted by Crippen LogP contribution is 2.48. The SMILES string of the molecule is CC(C)N(CCC(=O)O)C(=O)C1CC1c1ccc(F)c(F)c1. The van der Waals surface area contributed by atoms with Crippen molar-refractivity contribution >= 4 is 11.9 Å². The molecule has 120 valence electrons. The van der Waals surface area contributed by atoms with Gasteiger partial charge in [-0.2, -0.15) is 0 Å². The molecule has 0 aromatic heterocycles. The number of benzene rings is 1. The average molecular weight is 311 g/mol. The van der Waals surface area contributed by atoms with Crippen LogP contribution in [0.1, 0.15) is 38.2 Å². The number of nitrogens with zero attached hydrogens (tertiary/aromatic N) is 1. The van der Waals surface area contributed by atoms with Crippen LogP contribution in [-0.4, -0.2) is 34.5 Å². The van der Waals surface area contributed by atoms with Crippen molar-refractivity contribution < 1.29 is 23.5 Å². The van der Waals surface area contributed by atoms with Gasteiger partial charge in [0.05, 0.1) is 6.42 Å². The Morgan fingerprint density at radius 3 is 2.55 bits per heavy atom. The summed E-state index contributed by atoms with van der Waals surface area (Å²) in [5.41, 5.74) is 0.610. The van der Waals surface area contributed by atoms with E-state index in [4.69, 9.17) is 5.11 Å². The molecule has 2 atom stereocenters. The summed E-state index contributed by atoms with van der Waals surface area (Å²) in [5.74, 6) is -3.29. The number of amides is 1. The number of hydrogen-bond donors (Lipinski definition) is 1.